The summed E-state index contributed by atoms with van der Waals surface area (Å²) in [4.78, 5) is 0. The Labute approximate surface area is 103 Å². The van der Waals surface area contributed by atoms with Crippen LogP contribution in [0.3, 0.4) is 0 Å². The Bertz CT molecular complexity index is 377. The zero-order valence-electron chi connectivity index (χ0n) is 11.1. The third kappa shape index (κ3) is 2.90. The molecule has 4 nitrogen and oxygen atoms in total. The smallest absolute Gasteiger partial charge is 0.124 e. The molecule has 4 heteroatoms. The van der Waals surface area contributed by atoms with Crippen molar-refractivity contribution in [2.75, 3.05) is 21.3 Å². The van der Waals surface area contributed by atoms with E-state index in [0.29, 0.717) is 0 Å². The van der Waals surface area contributed by atoms with E-state index in [1.807, 2.05) is 32.0 Å². The molecule has 0 saturated heterocycles. The van der Waals surface area contributed by atoms with Crippen LogP contribution >= 0.6 is 0 Å². The standard InChI is InChI=1S/C13H21NO3/c1-13(2,17-5)12(14)10-8-9(15-3)6-7-11(10)16-4/h6-8,12H,14H2,1-5H3. The average molecular weight is 239 g/mol. The van der Waals surface area contributed by atoms with E-state index in [0.717, 1.165) is 17.1 Å². The van der Waals surface area contributed by atoms with Crippen LogP contribution in [-0.2, 0) is 4.74 Å². The molecule has 1 unspecified atom stereocenters. The Balaban J connectivity index is 3.18. The number of ether oxygens (including phenoxy) is 3. The molecule has 2 N–H and O–H groups in total. The Kier molecular flexibility index (Phi) is 4.37. The van der Waals surface area contributed by atoms with Crippen molar-refractivity contribution in [2.24, 2.45) is 5.73 Å². The topological polar surface area (TPSA) is 53.7 Å². The molecule has 0 aromatic heterocycles. The Morgan fingerprint density at radius 1 is 1.12 bits per heavy atom. The zero-order valence-corrected chi connectivity index (χ0v) is 11.1. The summed E-state index contributed by atoms with van der Waals surface area (Å²) < 4.78 is 15.9. The van der Waals surface area contributed by atoms with Gasteiger partial charge in [-0.25, -0.2) is 0 Å². The van der Waals surface area contributed by atoms with E-state index in [9.17, 15) is 0 Å². The van der Waals surface area contributed by atoms with E-state index in [2.05, 4.69) is 0 Å². The first-order valence-electron chi connectivity index (χ1n) is 5.49. The molecule has 0 heterocycles. The molecular formula is C13H21NO3. The molecule has 0 aliphatic carbocycles. The van der Waals surface area contributed by atoms with Crippen LogP contribution in [-0.4, -0.2) is 26.9 Å². The molecule has 1 rings (SSSR count). The minimum absolute atomic E-state index is 0.294. The lowest BCUT2D eigenvalue weighted by Gasteiger charge is -2.31. The quantitative estimate of drug-likeness (QED) is 0.855. The van der Waals surface area contributed by atoms with Gasteiger partial charge >= 0.3 is 0 Å². The van der Waals surface area contributed by atoms with Gasteiger partial charge in [-0.05, 0) is 32.0 Å². The van der Waals surface area contributed by atoms with Gasteiger partial charge in [-0.3, -0.25) is 0 Å². The fourth-order valence-corrected chi connectivity index (χ4v) is 1.58. The van der Waals surface area contributed by atoms with Gasteiger partial charge in [0.05, 0.1) is 25.9 Å². The zero-order chi connectivity index (χ0) is 13.1. The van der Waals surface area contributed by atoms with Crippen molar-refractivity contribution >= 4 is 0 Å². The van der Waals surface area contributed by atoms with Crippen LogP contribution in [0.1, 0.15) is 25.5 Å². The van der Waals surface area contributed by atoms with Crippen molar-refractivity contribution in [1.82, 2.24) is 0 Å². The summed E-state index contributed by atoms with van der Waals surface area (Å²) in [5.41, 5.74) is 6.62. The van der Waals surface area contributed by atoms with Gasteiger partial charge in [-0.1, -0.05) is 0 Å². The van der Waals surface area contributed by atoms with Crippen LogP contribution in [0.4, 0.5) is 0 Å². The molecule has 1 aromatic rings. The molecule has 0 aliphatic rings. The highest BCUT2D eigenvalue weighted by Gasteiger charge is 2.29. The maximum atomic E-state index is 6.22. The predicted molar refractivity (Wildman–Crippen MR) is 67.6 cm³/mol. The van der Waals surface area contributed by atoms with Gasteiger partial charge < -0.3 is 19.9 Å². The van der Waals surface area contributed by atoms with Crippen LogP contribution in [0.2, 0.25) is 0 Å². The van der Waals surface area contributed by atoms with Gasteiger partial charge in [-0.15, -0.1) is 0 Å². The van der Waals surface area contributed by atoms with Crippen LogP contribution in [0.25, 0.3) is 0 Å². The third-order valence-corrected chi connectivity index (χ3v) is 3.05. The van der Waals surface area contributed by atoms with Crippen molar-refractivity contribution in [2.45, 2.75) is 25.5 Å². The van der Waals surface area contributed by atoms with Crippen molar-refractivity contribution in [3.05, 3.63) is 23.8 Å². The first-order chi connectivity index (χ1) is 7.96. The maximum Gasteiger partial charge on any atom is 0.124 e. The number of nitrogens with two attached hydrogens (primary N) is 1. The van der Waals surface area contributed by atoms with Gasteiger partial charge in [0.25, 0.3) is 0 Å². The summed E-state index contributed by atoms with van der Waals surface area (Å²) >= 11 is 0. The fraction of sp³-hybridized carbons (Fsp3) is 0.538. The summed E-state index contributed by atoms with van der Waals surface area (Å²) in [7, 11) is 4.89. The van der Waals surface area contributed by atoms with Gasteiger partial charge in [0.15, 0.2) is 0 Å². The second kappa shape index (κ2) is 5.38. The highest BCUT2D eigenvalue weighted by molar-refractivity contribution is 5.43. The van der Waals surface area contributed by atoms with E-state index in [-0.39, 0.29) is 6.04 Å². The highest BCUT2D eigenvalue weighted by atomic mass is 16.5. The predicted octanol–water partition coefficient (Wildman–Crippen LogP) is 2.13. The summed E-state index contributed by atoms with van der Waals surface area (Å²) in [6.07, 6.45) is 0. The molecule has 0 radical (unpaired) electrons. The van der Waals surface area contributed by atoms with E-state index < -0.39 is 5.60 Å². The number of methoxy groups -OCH3 is 3. The Morgan fingerprint density at radius 3 is 2.24 bits per heavy atom. The SMILES string of the molecule is COc1ccc(OC)c(C(N)C(C)(C)OC)c1. The van der Waals surface area contributed by atoms with Gasteiger partial charge in [0.1, 0.15) is 11.5 Å². The summed E-state index contributed by atoms with van der Waals surface area (Å²) in [6.45, 7) is 3.88. The number of benzene rings is 1. The van der Waals surface area contributed by atoms with Crippen molar-refractivity contribution < 1.29 is 14.2 Å². The lowest BCUT2D eigenvalue weighted by atomic mass is 9.91. The van der Waals surface area contributed by atoms with E-state index in [4.69, 9.17) is 19.9 Å². The highest BCUT2D eigenvalue weighted by Crippen LogP contribution is 2.34. The van der Waals surface area contributed by atoms with Crippen LogP contribution in [0, 0.1) is 0 Å². The lowest BCUT2D eigenvalue weighted by molar-refractivity contribution is -0.000615. The molecule has 0 bridgehead atoms. The van der Waals surface area contributed by atoms with Crippen LogP contribution in [0.5, 0.6) is 11.5 Å². The molecule has 0 saturated carbocycles. The molecule has 0 aliphatic heterocycles. The molecule has 0 fully saturated rings. The van der Waals surface area contributed by atoms with Crippen molar-refractivity contribution in [3.63, 3.8) is 0 Å². The van der Waals surface area contributed by atoms with E-state index in [1.165, 1.54) is 0 Å². The molecule has 0 amide bonds. The molecular weight excluding hydrogens is 218 g/mol. The second-order valence-electron chi connectivity index (χ2n) is 4.39. The largest absolute Gasteiger partial charge is 0.497 e. The van der Waals surface area contributed by atoms with Crippen molar-refractivity contribution in [1.29, 1.82) is 0 Å². The molecule has 96 valence electrons. The number of rotatable bonds is 5. The van der Waals surface area contributed by atoms with E-state index in [1.54, 1.807) is 21.3 Å². The molecule has 1 aromatic carbocycles. The summed E-state index contributed by atoms with van der Waals surface area (Å²) in [5.74, 6) is 1.49. The van der Waals surface area contributed by atoms with Crippen LogP contribution in [0.15, 0.2) is 18.2 Å². The second-order valence-corrected chi connectivity index (χ2v) is 4.39. The monoisotopic (exact) mass is 239 g/mol. The molecule has 1 atom stereocenters. The van der Waals surface area contributed by atoms with Crippen molar-refractivity contribution in [3.8, 4) is 11.5 Å². The van der Waals surface area contributed by atoms with Crippen LogP contribution < -0.4 is 15.2 Å². The van der Waals surface area contributed by atoms with Gasteiger partial charge in [0, 0.05) is 12.7 Å². The summed E-state index contributed by atoms with van der Waals surface area (Å²) in [5, 5.41) is 0. The molecule has 0 spiro atoms. The third-order valence-electron chi connectivity index (χ3n) is 3.05. The molecule has 17 heavy (non-hydrogen) atoms. The Hall–Kier alpha value is -1.26. The lowest BCUT2D eigenvalue weighted by Crippen LogP contribution is -2.37. The first-order valence-corrected chi connectivity index (χ1v) is 5.49. The summed E-state index contributed by atoms with van der Waals surface area (Å²) in [6, 6.07) is 5.27. The Morgan fingerprint density at radius 2 is 1.76 bits per heavy atom. The number of hydrogen-bond donors (Lipinski definition) is 1. The number of hydrogen-bond acceptors (Lipinski definition) is 4. The van der Waals surface area contributed by atoms with E-state index >= 15 is 0 Å². The average Bonchev–Trinajstić information content (AvgIpc) is 2.36. The van der Waals surface area contributed by atoms with Gasteiger partial charge in [0.2, 0.25) is 0 Å². The maximum absolute atomic E-state index is 6.22. The fourth-order valence-electron chi connectivity index (χ4n) is 1.58. The normalized spacial score (nSPS) is 13.3. The van der Waals surface area contributed by atoms with Gasteiger partial charge in [-0.2, -0.15) is 0 Å². The first kappa shape index (κ1) is 13.8. The minimum Gasteiger partial charge on any atom is -0.497 e. The minimum atomic E-state index is -0.473.